The highest BCUT2D eigenvalue weighted by Gasteiger charge is 2.46. The summed E-state index contributed by atoms with van der Waals surface area (Å²) in [6, 6.07) is 14.2. The molecule has 2 aromatic carbocycles. The van der Waals surface area contributed by atoms with Crippen molar-refractivity contribution in [2.24, 2.45) is 0 Å². The third-order valence-electron chi connectivity index (χ3n) is 5.84. The molecule has 1 fully saturated rings. The number of carbonyl (C=O) groups is 2. The van der Waals surface area contributed by atoms with Crippen LogP contribution in [0.1, 0.15) is 50.4 Å². The zero-order chi connectivity index (χ0) is 24.3. The molecule has 2 aromatic rings. The second-order valence-corrected chi connectivity index (χ2v) is 9.63. The lowest BCUT2D eigenvalue weighted by atomic mass is 9.85. The van der Waals surface area contributed by atoms with Crippen molar-refractivity contribution in [2.75, 3.05) is 33.8 Å². The summed E-state index contributed by atoms with van der Waals surface area (Å²) in [5.74, 6) is -0.858. The normalized spacial score (nSPS) is 18.3. The molecule has 0 aliphatic carbocycles. The molecular formula is C27H34N2O4. The highest BCUT2D eigenvalue weighted by atomic mass is 16.5. The number of amides is 1. The fourth-order valence-electron chi connectivity index (χ4n) is 3.99. The Hall–Kier alpha value is -3.12. The second-order valence-electron chi connectivity index (χ2n) is 9.63. The highest BCUT2D eigenvalue weighted by molar-refractivity contribution is 6.46. The van der Waals surface area contributed by atoms with Crippen molar-refractivity contribution in [2.45, 2.75) is 39.2 Å². The van der Waals surface area contributed by atoms with Gasteiger partial charge in [-0.3, -0.25) is 9.59 Å². The molecule has 1 aliphatic heterocycles. The topological polar surface area (TPSA) is 70.1 Å². The van der Waals surface area contributed by atoms with Crippen LogP contribution < -0.4 is 4.74 Å². The quantitative estimate of drug-likeness (QED) is 0.385. The first-order chi connectivity index (χ1) is 15.5. The Morgan fingerprint density at radius 2 is 1.76 bits per heavy atom. The summed E-state index contributed by atoms with van der Waals surface area (Å²) in [6.45, 7) is 9.75. The van der Waals surface area contributed by atoms with E-state index in [0.717, 1.165) is 11.1 Å². The number of benzene rings is 2. The number of ether oxygens (including phenoxy) is 1. The Kier molecular flexibility index (Phi) is 7.28. The van der Waals surface area contributed by atoms with Gasteiger partial charge in [0.15, 0.2) is 0 Å². The molecule has 0 bridgehead atoms. The number of Topliss-reactive ketones (excluding diaryl/α,β-unsaturated/α-hetero) is 1. The molecule has 3 rings (SSSR count). The van der Waals surface area contributed by atoms with Gasteiger partial charge >= 0.3 is 0 Å². The van der Waals surface area contributed by atoms with Crippen molar-refractivity contribution >= 4 is 17.4 Å². The summed E-state index contributed by atoms with van der Waals surface area (Å²) in [7, 11) is 3.84. The fourth-order valence-corrected chi connectivity index (χ4v) is 3.99. The van der Waals surface area contributed by atoms with Gasteiger partial charge in [-0.25, -0.2) is 0 Å². The minimum atomic E-state index is -0.669. The van der Waals surface area contributed by atoms with E-state index in [-0.39, 0.29) is 16.7 Å². The Bertz CT molecular complexity index is 1050. The van der Waals surface area contributed by atoms with Gasteiger partial charge in [-0.05, 0) is 49.7 Å². The third kappa shape index (κ3) is 5.28. The van der Waals surface area contributed by atoms with Crippen molar-refractivity contribution in [3.63, 3.8) is 0 Å². The van der Waals surface area contributed by atoms with Crippen LogP contribution in [0.4, 0.5) is 0 Å². The van der Waals surface area contributed by atoms with Gasteiger partial charge in [-0.1, -0.05) is 57.2 Å². The molecule has 1 heterocycles. The van der Waals surface area contributed by atoms with Crippen LogP contribution in [-0.2, 0) is 15.0 Å². The molecule has 1 saturated heterocycles. The van der Waals surface area contributed by atoms with Gasteiger partial charge in [0.25, 0.3) is 11.7 Å². The molecule has 6 nitrogen and oxygen atoms in total. The Morgan fingerprint density at radius 1 is 1.09 bits per heavy atom. The number of carbonyl (C=O) groups excluding carboxylic acids is 2. The molecule has 1 aliphatic rings. The standard InChI is InChI=1S/C27H34N2O4/c1-7-33-21-10-8-9-19(17-21)24(30)22-23(18-11-13-20(14-12-18)27(2,3)4)29(16-15-28(5)6)26(32)25(22)31/h8-14,17,23,30H,7,15-16H2,1-6H3/b24-22-. The van der Waals surface area contributed by atoms with Crippen LogP contribution in [0.5, 0.6) is 5.75 Å². The Balaban J connectivity index is 2.13. The van der Waals surface area contributed by atoms with Crippen LogP contribution in [0, 0.1) is 0 Å². The van der Waals surface area contributed by atoms with Crippen molar-refractivity contribution in [3.05, 3.63) is 70.8 Å². The number of hydrogen-bond donors (Lipinski definition) is 1. The van der Waals surface area contributed by atoms with Crippen molar-refractivity contribution in [1.29, 1.82) is 0 Å². The molecule has 176 valence electrons. The van der Waals surface area contributed by atoms with E-state index < -0.39 is 17.7 Å². The van der Waals surface area contributed by atoms with Crippen LogP contribution in [0.2, 0.25) is 0 Å². The zero-order valence-electron chi connectivity index (χ0n) is 20.4. The van der Waals surface area contributed by atoms with Gasteiger partial charge in [0.05, 0.1) is 18.2 Å². The number of aliphatic hydroxyl groups is 1. The molecule has 6 heteroatoms. The van der Waals surface area contributed by atoms with Gasteiger partial charge in [-0.15, -0.1) is 0 Å². The van der Waals surface area contributed by atoms with Crippen molar-refractivity contribution in [3.8, 4) is 5.75 Å². The minimum absolute atomic E-state index is 0.0228. The molecule has 33 heavy (non-hydrogen) atoms. The maximum atomic E-state index is 13.1. The molecule has 1 unspecified atom stereocenters. The predicted octanol–water partition coefficient (Wildman–Crippen LogP) is 4.37. The Labute approximate surface area is 196 Å². The predicted molar refractivity (Wildman–Crippen MR) is 130 cm³/mol. The van der Waals surface area contributed by atoms with Gasteiger partial charge in [0.1, 0.15) is 11.5 Å². The van der Waals surface area contributed by atoms with Crippen LogP contribution in [0.15, 0.2) is 54.1 Å². The van der Waals surface area contributed by atoms with Gasteiger partial charge in [0, 0.05) is 18.7 Å². The SMILES string of the molecule is CCOc1cccc(/C(O)=C2/C(=O)C(=O)N(CCN(C)C)C2c2ccc(C(C)(C)C)cc2)c1. The van der Waals surface area contributed by atoms with E-state index in [2.05, 4.69) is 20.8 Å². The summed E-state index contributed by atoms with van der Waals surface area (Å²) < 4.78 is 5.55. The molecule has 0 radical (unpaired) electrons. The first-order valence-electron chi connectivity index (χ1n) is 11.3. The maximum Gasteiger partial charge on any atom is 0.295 e. The van der Waals surface area contributed by atoms with Crippen molar-refractivity contribution in [1.82, 2.24) is 9.80 Å². The molecular weight excluding hydrogens is 416 g/mol. The zero-order valence-corrected chi connectivity index (χ0v) is 20.4. The van der Waals surface area contributed by atoms with Gasteiger partial charge in [0.2, 0.25) is 0 Å². The molecule has 0 aromatic heterocycles. The molecule has 0 spiro atoms. The molecule has 1 N–H and O–H groups in total. The van der Waals surface area contributed by atoms with E-state index >= 15 is 0 Å². The van der Waals surface area contributed by atoms with E-state index in [1.54, 1.807) is 29.2 Å². The number of rotatable bonds is 7. The number of nitrogens with zero attached hydrogens (tertiary/aromatic N) is 2. The number of aliphatic hydroxyl groups excluding tert-OH is 1. The number of likely N-dealkylation sites (N-methyl/N-ethyl adjacent to an activating group) is 1. The number of likely N-dealkylation sites (tertiary alicyclic amines) is 1. The van der Waals surface area contributed by atoms with Crippen molar-refractivity contribution < 1.29 is 19.4 Å². The molecule has 0 saturated carbocycles. The summed E-state index contributed by atoms with van der Waals surface area (Å²) in [5, 5.41) is 11.2. The summed E-state index contributed by atoms with van der Waals surface area (Å²) in [5.41, 5.74) is 2.48. The summed E-state index contributed by atoms with van der Waals surface area (Å²) in [6.07, 6.45) is 0. The second kappa shape index (κ2) is 9.79. The van der Waals surface area contributed by atoms with E-state index in [9.17, 15) is 14.7 Å². The highest BCUT2D eigenvalue weighted by Crippen LogP contribution is 2.40. The van der Waals surface area contributed by atoms with E-state index in [1.165, 1.54) is 0 Å². The minimum Gasteiger partial charge on any atom is -0.507 e. The van der Waals surface area contributed by atoms with Crippen LogP contribution in [0.3, 0.4) is 0 Å². The summed E-state index contributed by atoms with van der Waals surface area (Å²) in [4.78, 5) is 29.7. The maximum absolute atomic E-state index is 13.1. The molecule has 1 atom stereocenters. The molecule has 1 amide bonds. The largest absolute Gasteiger partial charge is 0.507 e. The Morgan fingerprint density at radius 3 is 2.33 bits per heavy atom. The summed E-state index contributed by atoms with van der Waals surface area (Å²) >= 11 is 0. The number of ketones is 1. The van der Waals surface area contributed by atoms with Crippen LogP contribution in [0.25, 0.3) is 5.76 Å². The lowest BCUT2D eigenvalue weighted by Gasteiger charge is -2.27. The average Bonchev–Trinajstić information content (AvgIpc) is 3.02. The van der Waals surface area contributed by atoms with E-state index in [4.69, 9.17) is 4.74 Å². The van der Waals surface area contributed by atoms with Gasteiger partial charge < -0.3 is 19.6 Å². The first-order valence-corrected chi connectivity index (χ1v) is 11.3. The first kappa shape index (κ1) is 24.5. The fraction of sp³-hybridized carbons (Fsp3) is 0.407. The number of hydrogen-bond acceptors (Lipinski definition) is 5. The van der Waals surface area contributed by atoms with Crippen LogP contribution in [-0.4, -0.2) is 60.4 Å². The van der Waals surface area contributed by atoms with Gasteiger partial charge in [-0.2, -0.15) is 0 Å². The van der Waals surface area contributed by atoms with Crippen LogP contribution >= 0.6 is 0 Å². The lowest BCUT2D eigenvalue weighted by molar-refractivity contribution is -0.140. The third-order valence-corrected chi connectivity index (χ3v) is 5.84. The lowest BCUT2D eigenvalue weighted by Crippen LogP contribution is -2.35. The van der Waals surface area contributed by atoms with E-state index in [1.807, 2.05) is 50.2 Å². The van der Waals surface area contributed by atoms with E-state index in [0.29, 0.717) is 31.0 Å². The smallest absolute Gasteiger partial charge is 0.295 e. The average molecular weight is 451 g/mol. The monoisotopic (exact) mass is 450 g/mol.